The normalized spacial score (nSPS) is 20.9. The van der Waals surface area contributed by atoms with E-state index in [4.69, 9.17) is 11.6 Å². The molecule has 100 valence electrons. The first kappa shape index (κ1) is 13.7. The van der Waals surface area contributed by atoms with Gasteiger partial charge in [-0.2, -0.15) is 0 Å². The maximum atomic E-state index is 13.5. The molecule has 4 nitrogen and oxygen atoms in total. The molecule has 0 spiro atoms. The van der Waals surface area contributed by atoms with Crippen LogP contribution in [0.15, 0.2) is 23.1 Å². The van der Waals surface area contributed by atoms with Gasteiger partial charge in [0.1, 0.15) is 10.7 Å². The largest absolute Gasteiger partial charge is 0.315 e. The van der Waals surface area contributed by atoms with E-state index in [1.807, 2.05) is 0 Å². The van der Waals surface area contributed by atoms with E-state index in [0.29, 0.717) is 6.54 Å². The maximum Gasteiger partial charge on any atom is 0.243 e. The Morgan fingerprint density at radius 2 is 2.22 bits per heavy atom. The van der Waals surface area contributed by atoms with Gasteiger partial charge in [0.25, 0.3) is 0 Å². The number of piperidine rings is 1. The van der Waals surface area contributed by atoms with Crippen molar-refractivity contribution >= 4 is 21.6 Å². The molecule has 2 rings (SSSR count). The molecule has 2 N–H and O–H groups in total. The third-order valence-corrected chi connectivity index (χ3v) is 4.57. The minimum absolute atomic E-state index is 0.193. The van der Waals surface area contributed by atoms with Crippen molar-refractivity contribution in [2.75, 3.05) is 13.1 Å². The van der Waals surface area contributed by atoms with Crippen LogP contribution in [-0.2, 0) is 10.0 Å². The lowest BCUT2D eigenvalue weighted by molar-refractivity contribution is 0.427. The molecule has 18 heavy (non-hydrogen) atoms. The van der Waals surface area contributed by atoms with E-state index in [-0.39, 0.29) is 11.1 Å². The van der Waals surface area contributed by atoms with Gasteiger partial charge in [-0.05, 0) is 37.6 Å². The lowest BCUT2D eigenvalue weighted by Gasteiger charge is -2.23. The fraction of sp³-hybridized carbons (Fsp3) is 0.455. The second-order valence-electron chi connectivity index (χ2n) is 4.24. The summed E-state index contributed by atoms with van der Waals surface area (Å²) in [6.45, 7) is 1.44. The smallest absolute Gasteiger partial charge is 0.243 e. The Labute approximate surface area is 111 Å². The van der Waals surface area contributed by atoms with Crippen molar-refractivity contribution in [2.45, 2.75) is 23.8 Å². The molecular formula is C11H14ClFN2O2S. The van der Waals surface area contributed by atoms with Gasteiger partial charge >= 0.3 is 0 Å². The van der Waals surface area contributed by atoms with Crippen LogP contribution >= 0.6 is 11.6 Å². The van der Waals surface area contributed by atoms with Gasteiger partial charge in [0.15, 0.2) is 0 Å². The number of rotatable bonds is 3. The Bertz CT molecular complexity index is 530. The molecule has 1 atom stereocenters. The number of sulfonamides is 1. The SMILES string of the molecule is O=S(=O)(N[C@@H]1CCCNC1)c1cc(Cl)ccc1F. The van der Waals surface area contributed by atoms with Crippen LogP contribution in [0.4, 0.5) is 4.39 Å². The molecule has 1 heterocycles. The molecule has 0 saturated carbocycles. The zero-order valence-corrected chi connectivity index (χ0v) is 11.2. The number of halogens is 2. The number of hydrogen-bond donors (Lipinski definition) is 2. The third-order valence-electron chi connectivity index (χ3n) is 2.80. The van der Waals surface area contributed by atoms with Gasteiger partial charge in [-0.15, -0.1) is 0 Å². The van der Waals surface area contributed by atoms with E-state index in [9.17, 15) is 12.8 Å². The highest BCUT2D eigenvalue weighted by Crippen LogP contribution is 2.20. The Hall–Kier alpha value is -0.690. The van der Waals surface area contributed by atoms with Crippen LogP contribution in [0.25, 0.3) is 0 Å². The van der Waals surface area contributed by atoms with E-state index in [0.717, 1.165) is 31.5 Å². The average Bonchev–Trinajstić information content (AvgIpc) is 2.33. The Morgan fingerprint density at radius 1 is 1.44 bits per heavy atom. The first-order chi connectivity index (χ1) is 8.49. The summed E-state index contributed by atoms with van der Waals surface area (Å²) in [6, 6.07) is 3.28. The lowest BCUT2D eigenvalue weighted by atomic mass is 10.1. The number of benzene rings is 1. The second kappa shape index (κ2) is 5.52. The van der Waals surface area contributed by atoms with Crippen molar-refractivity contribution in [2.24, 2.45) is 0 Å². The fourth-order valence-electron chi connectivity index (χ4n) is 1.92. The summed E-state index contributed by atoms with van der Waals surface area (Å²) < 4.78 is 40.1. The maximum absolute atomic E-state index is 13.5. The molecule has 1 aliphatic heterocycles. The van der Waals surface area contributed by atoms with Crippen molar-refractivity contribution in [1.29, 1.82) is 0 Å². The molecule has 0 radical (unpaired) electrons. The number of hydrogen-bond acceptors (Lipinski definition) is 3. The van der Waals surface area contributed by atoms with Crippen LogP contribution in [0, 0.1) is 5.82 Å². The van der Waals surface area contributed by atoms with Crippen LogP contribution < -0.4 is 10.0 Å². The van der Waals surface area contributed by atoms with Crippen molar-refractivity contribution < 1.29 is 12.8 Å². The monoisotopic (exact) mass is 292 g/mol. The van der Waals surface area contributed by atoms with Crippen molar-refractivity contribution in [3.8, 4) is 0 Å². The average molecular weight is 293 g/mol. The van der Waals surface area contributed by atoms with Gasteiger partial charge < -0.3 is 5.32 Å². The molecular weight excluding hydrogens is 279 g/mol. The first-order valence-corrected chi connectivity index (χ1v) is 7.53. The van der Waals surface area contributed by atoms with E-state index < -0.39 is 20.7 Å². The Balaban J connectivity index is 2.21. The van der Waals surface area contributed by atoms with Gasteiger partial charge in [-0.3, -0.25) is 0 Å². The molecule has 1 fully saturated rings. The van der Waals surface area contributed by atoms with Gasteiger partial charge in [-0.1, -0.05) is 11.6 Å². The highest BCUT2D eigenvalue weighted by atomic mass is 35.5. The number of nitrogens with one attached hydrogen (secondary N) is 2. The predicted octanol–water partition coefficient (Wildman–Crippen LogP) is 1.51. The minimum atomic E-state index is -3.86. The fourth-order valence-corrected chi connectivity index (χ4v) is 3.53. The summed E-state index contributed by atoms with van der Waals surface area (Å²) >= 11 is 5.69. The quantitative estimate of drug-likeness (QED) is 0.888. The zero-order valence-electron chi connectivity index (χ0n) is 9.62. The summed E-state index contributed by atoms with van der Waals surface area (Å²) in [6.07, 6.45) is 1.64. The molecule has 0 bridgehead atoms. The third kappa shape index (κ3) is 3.20. The van der Waals surface area contributed by atoms with Crippen molar-refractivity contribution in [1.82, 2.24) is 10.0 Å². The first-order valence-electron chi connectivity index (χ1n) is 5.67. The molecule has 0 aliphatic carbocycles. The summed E-state index contributed by atoms with van der Waals surface area (Å²) in [5, 5.41) is 3.28. The highest BCUT2D eigenvalue weighted by Gasteiger charge is 2.24. The lowest BCUT2D eigenvalue weighted by Crippen LogP contribution is -2.45. The Kier molecular flexibility index (Phi) is 4.21. The van der Waals surface area contributed by atoms with E-state index >= 15 is 0 Å². The highest BCUT2D eigenvalue weighted by molar-refractivity contribution is 7.89. The van der Waals surface area contributed by atoms with Crippen LogP contribution in [0.1, 0.15) is 12.8 Å². The van der Waals surface area contributed by atoms with E-state index in [2.05, 4.69) is 10.0 Å². The van der Waals surface area contributed by atoms with Crippen LogP contribution in [0.5, 0.6) is 0 Å². The molecule has 1 aromatic rings. The molecule has 0 amide bonds. The van der Waals surface area contributed by atoms with Crippen LogP contribution in [0.3, 0.4) is 0 Å². The summed E-state index contributed by atoms with van der Waals surface area (Å²) in [4.78, 5) is -0.402. The van der Waals surface area contributed by atoms with Gasteiger partial charge in [0.2, 0.25) is 10.0 Å². The van der Waals surface area contributed by atoms with Crippen LogP contribution in [0.2, 0.25) is 5.02 Å². The summed E-state index contributed by atoms with van der Waals surface area (Å²) in [5.41, 5.74) is 0. The van der Waals surface area contributed by atoms with E-state index in [1.165, 1.54) is 6.07 Å². The molecule has 1 aliphatic rings. The molecule has 1 saturated heterocycles. The molecule has 1 aromatic carbocycles. The topological polar surface area (TPSA) is 58.2 Å². The molecule has 7 heteroatoms. The Morgan fingerprint density at radius 3 is 2.89 bits per heavy atom. The van der Waals surface area contributed by atoms with Crippen molar-refractivity contribution in [3.63, 3.8) is 0 Å². The second-order valence-corrected chi connectivity index (χ2v) is 6.36. The van der Waals surface area contributed by atoms with Gasteiger partial charge in [-0.25, -0.2) is 17.5 Å². The molecule has 0 aromatic heterocycles. The van der Waals surface area contributed by atoms with Gasteiger partial charge in [0.05, 0.1) is 0 Å². The minimum Gasteiger partial charge on any atom is -0.315 e. The predicted molar refractivity (Wildman–Crippen MR) is 67.6 cm³/mol. The zero-order chi connectivity index (χ0) is 13.2. The van der Waals surface area contributed by atoms with Crippen LogP contribution in [-0.4, -0.2) is 27.5 Å². The van der Waals surface area contributed by atoms with E-state index in [1.54, 1.807) is 0 Å². The van der Waals surface area contributed by atoms with Crippen molar-refractivity contribution in [3.05, 3.63) is 29.0 Å². The summed E-state index contributed by atoms with van der Waals surface area (Å²) in [5.74, 6) is -0.796. The molecule has 0 unspecified atom stereocenters. The van der Waals surface area contributed by atoms with Gasteiger partial charge in [0, 0.05) is 17.6 Å². The summed E-state index contributed by atoms with van der Waals surface area (Å²) in [7, 11) is -3.86. The standard InChI is InChI=1S/C11H14ClFN2O2S/c12-8-3-4-10(13)11(6-8)18(16,17)15-9-2-1-5-14-7-9/h3-4,6,9,14-15H,1-2,5,7H2/t9-/m1/s1.